The normalized spacial score (nSPS) is 17.7. The molecule has 33 heavy (non-hydrogen) atoms. The molecule has 1 aliphatic rings. The van der Waals surface area contributed by atoms with E-state index in [1.807, 2.05) is 18.2 Å². The van der Waals surface area contributed by atoms with Gasteiger partial charge in [-0.2, -0.15) is 0 Å². The van der Waals surface area contributed by atoms with E-state index in [0.717, 1.165) is 29.3 Å². The van der Waals surface area contributed by atoms with Gasteiger partial charge >= 0.3 is 0 Å². The van der Waals surface area contributed by atoms with E-state index in [9.17, 15) is 9.90 Å². The van der Waals surface area contributed by atoms with Crippen LogP contribution in [0.2, 0.25) is 0 Å². The van der Waals surface area contributed by atoms with Gasteiger partial charge < -0.3 is 10.4 Å². The maximum atomic E-state index is 12.5. The molecule has 1 unspecified atom stereocenters. The average molecular weight is 466 g/mol. The number of benzene rings is 1. The number of aliphatic hydroxyl groups is 1. The molecule has 4 heteroatoms. The summed E-state index contributed by atoms with van der Waals surface area (Å²) in [7, 11) is 0. The van der Waals surface area contributed by atoms with Gasteiger partial charge in [0.2, 0.25) is 0 Å². The van der Waals surface area contributed by atoms with Gasteiger partial charge in [-0.25, -0.2) is 0 Å². The second kappa shape index (κ2) is 11.3. The van der Waals surface area contributed by atoms with E-state index in [1.165, 1.54) is 40.9 Å². The van der Waals surface area contributed by atoms with Crippen LogP contribution in [0.25, 0.3) is 16.2 Å². The first kappa shape index (κ1) is 25.5. The summed E-state index contributed by atoms with van der Waals surface area (Å²) in [5.74, 6) is -0.129. The van der Waals surface area contributed by atoms with Crippen molar-refractivity contribution in [2.75, 3.05) is 6.54 Å². The standard InChI is InChI=1S/C29H39NO2S/c1-6-7-10-24(31)19-30-28(32)23-13-12-22-17-25(33-27(22)18-23)16-20(2)11-14-26-21(3)9-8-15-29(26,4)5/h11-14,16-18,24,31H,6-10,15,19H2,1-5H3,(H,30,32). The molecular weight excluding hydrogens is 426 g/mol. The fourth-order valence-corrected chi connectivity index (χ4v) is 5.73. The van der Waals surface area contributed by atoms with Crippen LogP contribution in [0, 0.1) is 5.41 Å². The van der Waals surface area contributed by atoms with Gasteiger partial charge in [0, 0.05) is 21.7 Å². The molecule has 2 N–H and O–H groups in total. The highest BCUT2D eigenvalue weighted by molar-refractivity contribution is 7.19. The maximum Gasteiger partial charge on any atom is 0.251 e. The topological polar surface area (TPSA) is 49.3 Å². The first-order valence-corrected chi connectivity index (χ1v) is 13.1. The Balaban J connectivity index is 1.69. The number of nitrogens with one attached hydrogen (secondary N) is 1. The van der Waals surface area contributed by atoms with Crippen LogP contribution < -0.4 is 5.32 Å². The highest BCUT2D eigenvalue weighted by Gasteiger charge is 2.26. The molecule has 0 radical (unpaired) electrons. The Morgan fingerprint density at radius 3 is 2.82 bits per heavy atom. The summed E-state index contributed by atoms with van der Waals surface area (Å²) in [6.45, 7) is 11.5. The Morgan fingerprint density at radius 1 is 1.30 bits per heavy atom. The minimum absolute atomic E-state index is 0.129. The number of carbonyl (C=O) groups is 1. The van der Waals surface area contributed by atoms with E-state index in [-0.39, 0.29) is 11.3 Å². The van der Waals surface area contributed by atoms with Crippen molar-refractivity contribution in [3.8, 4) is 0 Å². The van der Waals surface area contributed by atoms with Crippen molar-refractivity contribution in [1.82, 2.24) is 5.32 Å². The molecule has 1 aromatic heterocycles. The second-order valence-electron chi connectivity index (χ2n) is 10.1. The van der Waals surface area contributed by atoms with Crippen molar-refractivity contribution in [3.05, 3.63) is 63.6 Å². The Kier molecular flexibility index (Phi) is 8.72. The molecule has 2 aromatic rings. The molecule has 1 amide bonds. The Morgan fingerprint density at radius 2 is 2.09 bits per heavy atom. The third-order valence-electron chi connectivity index (χ3n) is 6.62. The number of carbonyl (C=O) groups excluding carboxylic acids is 1. The molecule has 1 aliphatic carbocycles. The molecule has 3 nitrogen and oxygen atoms in total. The zero-order chi connectivity index (χ0) is 24.0. The zero-order valence-electron chi connectivity index (χ0n) is 20.8. The molecular formula is C29H39NO2S. The number of aliphatic hydroxyl groups excluding tert-OH is 1. The largest absolute Gasteiger partial charge is 0.391 e. The summed E-state index contributed by atoms with van der Waals surface area (Å²) in [5, 5.41) is 14.0. The fourth-order valence-electron chi connectivity index (χ4n) is 4.62. The second-order valence-corrected chi connectivity index (χ2v) is 11.2. The maximum absolute atomic E-state index is 12.5. The number of hydrogen-bond acceptors (Lipinski definition) is 3. The van der Waals surface area contributed by atoms with Gasteiger partial charge in [0.15, 0.2) is 0 Å². The third-order valence-corrected chi connectivity index (χ3v) is 7.66. The third kappa shape index (κ3) is 6.91. The van der Waals surface area contributed by atoms with E-state index in [0.29, 0.717) is 12.1 Å². The number of thiophene rings is 1. The lowest BCUT2D eigenvalue weighted by Crippen LogP contribution is -2.32. The van der Waals surface area contributed by atoms with E-state index >= 15 is 0 Å². The molecule has 178 valence electrons. The number of fused-ring (bicyclic) bond motifs is 1. The highest BCUT2D eigenvalue weighted by atomic mass is 32.1. The molecule has 0 saturated carbocycles. The van der Waals surface area contributed by atoms with Crippen LogP contribution in [0.3, 0.4) is 0 Å². The van der Waals surface area contributed by atoms with Crippen LogP contribution in [-0.4, -0.2) is 23.7 Å². The van der Waals surface area contributed by atoms with Gasteiger partial charge in [0.05, 0.1) is 6.10 Å². The zero-order valence-corrected chi connectivity index (χ0v) is 21.6. The van der Waals surface area contributed by atoms with Crippen molar-refractivity contribution in [2.24, 2.45) is 5.41 Å². The number of allylic oxidation sites excluding steroid dienone is 5. The van der Waals surface area contributed by atoms with Gasteiger partial charge in [0.1, 0.15) is 0 Å². The number of hydrogen-bond donors (Lipinski definition) is 2. The molecule has 0 spiro atoms. The predicted molar refractivity (Wildman–Crippen MR) is 143 cm³/mol. The van der Waals surface area contributed by atoms with E-state index < -0.39 is 6.10 Å². The van der Waals surface area contributed by atoms with Crippen LogP contribution >= 0.6 is 11.3 Å². The molecule has 0 saturated heterocycles. The number of amides is 1. The van der Waals surface area contributed by atoms with Crippen molar-refractivity contribution in [2.45, 2.75) is 79.2 Å². The Labute approximate surface area is 203 Å². The monoisotopic (exact) mass is 465 g/mol. The molecule has 1 atom stereocenters. The summed E-state index contributed by atoms with van der Waals surface area (Å²) >= 11 is 1.70. The highest BCUT2D eigenvalue weighted by Crippen LogP contribution is 2.41. The first-order chi connectivity index (χ1) is 15.7. The van der Waals surface area contributed by atoms with Crippen molar-refractivity contribution in [1.29, 1.82) is 0 Å². The SMILES string of the molecule is CCCCC(O)CNC(=O)c1ccc2cc(C=C(C)C=CC3=C(C)CCCC3(C)C)sc2c1. The lowest BCUT2D eigenvalue weighted by molar-refractivity contribution is 0.0909. The van der Waals surface area contributed by atoms with Crippen LogP contribution in [0.15, 0.2) is 53.1 Å². The summed E-state index contributed by atoms with van der Waals surface area (Å²) < 4.78 is 1.10. The summed E-state index contributed by atoms with van der Waals surface area (Å²) in [6.07, 6.45) is 12.8. The Bertz CT molecular complexity index is 1070. The van der Waals surface area contributed by atoms with Crippen LogP contribution in [0.1, 0.15) is 88.4 Å². The molecule has 1 heterocycles. The van der Waals surface area contributed by atoms with Gasteiger partial charge in [-0.3, -0.25) is 4.79 Å². The van der Waals surface area contributed by atoms with E-state index in [1.54, 1.807) is 11.3 Å². The summed E-state index contributed by atoms with van der Waals surface area (Å²) in [4.78, 5) is 13.7. The predicted octanol–water partition coefficient (Wildman–Crippen LogP) is 7.67. The van der Waals surface area contributed by atoms with E-state index in [4.69, 9.17) is 0 Å². The van der Waals surface area contributed by atoms with E-state index in [2.05, 4.69) is 64.2 Å². The van der Waals surface area contributed by atoms with Crippen LogP contribution in [-0.2, 0) is 0 Å². The lowest BCUT2D eigenvalue weighted by Gasteiger charge is -2.32. The first-order valence-electron chi connectivity index (χ1n) is 12.3. The van der Waals surface area contributed by atoms with Crippen molar-refractivity contribution in [3.63, 3.8) is 0 Å². The minimum atomic E-state index is -0.481. The quantitative estimate of drug-likeness (QED) is 0.373. The minimum Gasteiger partial charge on any atom is -0.391 e. The average Bonchev–Trinajstić information content (AvgIpc) is 3.16. The van der Waals surface area contributed by atoms with Gasteiger partial charge in [-0.15, -0.1) is 11.3 Å². The van der Waals surface area contributed by atoms with Crippen LogP contribution in [0.5, 0.6) is 0 Å². The van der Waals surface area contributed by atoms with Crippen molar-refractivity contribution >= 4 is 33.4 Å². The fraction of sp³-hybridized carbons (Fsp3) is 0.483. The van der Waals surface area contributed by atoms with Gasteiger partial charge in [-0.05, 0) is 85.8 Å². The molecule has 0 aliphatic heterocycles. The Hall–Kier alpha value is -2.17. The van der Waals surface area contributed by atoms with Gasteiger partial charge in [-0.1, -0.05) is 57.4 Å². The molecule has 3 rings (SSSR count). The molecule has 0 bridgehead atoms. The molecule has 0 fully saturated rings. The summed E-state index contributed by atoms with van der Waals surface area (Å²) in [5.41, 5.74) is 5.11. The smallest absolute Gasteiger partial charge is 0.251 e. The lowest BCUT2D eigenvalue weighted by atomic mass is 9.72. The summed E-state index contributed by atoms with van der Waals surface area (Å²) in [6, 6.07) is 8.01. The van der Waals surface area contributed by atoms with Crippen LogP contribution in [0.4, 0.5) is 0 Å². The number of unbranched alkanes of at least 4 members (excludes halogenated alkanes) is 1. The number of rotatable bonds is 9. The van der Waals surface area contributed by atoms with Crippen molar-refractivity contribution < 1.29 is 9.90 Å². The van der Waals surface area contributed by atoms with Gasteiger partial charge in [0.25, 0.3) is 5.91 Å². The molecule has 1 aromatic carbocycles.